The Morgan fingerprint density at radius 3 is 1.08 bits per heavy atom. The summed E-state index contributed by atoms with van der Waals surface area (Å²) in [6, 6.07) is -9.68. The number of aliphatic hydroxyl groups excluding tert-OH is 29. The van der Waals surface area contributed by atoms with Crippen molar-refractivity contribution in [3.05, 3.63) is 0 Å². The molecule has 11 fully saturated rings. The van der Waals surface area contributed by atoms with Crippen LogP contribution in [0, 0.1) is 0 Å². The molecule has 0 saturated carbocycles. The van der Waals surface area contributed by atoms with Gasteiger partial charge in [0.15, 0.2) is 62.9 Å². The lowest BCUT2D eigenvalue weighted by Crippen LogP contribution is -2.72. The third-order valence-corrected chi connectivity index (χ3v) is 25.9. The number of ether oxygens (including phenoxy) is 21. The fourth-order valence-electron chi connectivity index (χ4n) is 18.4. The summed E-state index contributed by atoms with van der Waals surface area (Å²) in [7, 11) is 0. The predicted octanol–water partition coefficient (Wildman–Crippen LogP) is -23.0. The summed E-state index contributed by atoms with van der Waals surface area (Å²) >= 11 is 0. The normalized spacial score (nSPS) is 48.3. The molecule has 141 heavy (non-hydrogen) atoms. The maximum absolute atomic E-state index is 13.6. The van der Waals surface area contributed by atoms with E-state index in [1.807, 2.05) is 0 Å². The first-order valence-electron chi connectivity index (χ1n) is 45.0. The van der Waals surface area contributed by atoms with Gasteiger partial charge in [0.1, 0.15) is 250 Å². The van der Waals surface area contributed by atoms with Crippen LogP contribution in [0.2, 0.25) is 0 Å². The van der Waals surface area contributed by atoms with Gasteiger partial charge < -0.3 is 279 Å². The molecule has 0 aromatic heterocycles. The van der Waals surface area contributed by atoms with Crippen molar-refractivity contribution >= 4 is 35.5 Å². The van der Waals surface area contributed by atoms with E-state index in [-0.39, 0.29) is 0 Å². The third-order valence-electron chi connectivity index (χ3n) is 25.9. The third kappa shape index (κ3) is 25.6. The van der Waals surface area contributed by atoms with Gasteiger partial charge in [0.25, 0.3) is 5.79 Å². The Hall–Kier alpha value is -5.18. The van der Waals surface area contributed by atoms with Gasteiger partial charge in [-0.3, -0.25) is 24.0 Å². The van der Waals surface area contributed by atoms with Gasteiger partial charge in [-0.15, -0.1) is 0 Å². The first-order valence-corrected chi connectivity index (χ1v) is 45.0. The van der Waals surface area contributed by atoms with Crippen LogP contribution in [0.15, 0.2) is 0 Å². The Kier molecular flexibility index (Phi) is 41.1. The van der Waals surface area contributed by atoms with E-state index < -0.39 is 444 Å². The van der Waals surface area contributed by atoms with E-state index in [0.29, 0.717) is 0 Å². The Morgan fingerprint density at radius 2 is 0.638 bits per heavy atom. The number of hydrogen-bond acceptors (Lipinski definition) is 56. The van der Waals surface area contributed by atoms with Crippen molar-refractivity contribution in [3.8, 4) is 0 Å². The second-order valence-corrected chi connectivity index (χ2v) is 35.9. The largest absolute Gasteiger partial charge is 0.477 e. The monoisotopic (exact) mass is 2060 g/mol. The van der Waals surface area contributed by atoms with Crippen molar-refractivity contribution in [2.45, 2.75) is 398 Å². The van der Waals surface area contributed by atoms with Crippen LogP contribution < -0.4 is 26.6 Å². The number of carboxylic acid groups (broad SMARTS) is 1. The highest BCUT2D eigenvalue weighted by molar-refractivity contribution is 5.77. The minimum Gasteiger partial charge on any atom is -0.477 e. The predicted molar refractivity (Wildman–Crippen MR) is 435 cm³/mol. The molecule has 0 aromatic rings. The minimum absolute atomic E-state index is 0.873. The Bertz CT molecular complexity index is 3990. The second-order valence-electron chi connectivity index (χ2n) is 35.9. The van der Waals surface area contributed by atoms with E-state index in [0.717, 1.165) is 34.6 Å². The Morgan fingerprint density at radius 1 is 0.305 bits per heavy atom. The van der Waals surface area contributed by atoms with Crippen molar-refractivity contribution in [1.29, 1.82) is 0 Å². The molecule has 11 aliphatic heterocycles. The van der Waals surface area contributed by atoms with Gasteiger partial charge in [0.2, 0.25) is 29.5 Å². The minimum atomic E-state index is -3.29. The number of nitrogens with one attached hydrogen (secondary N) is 5. The van der Waals surface area contributed by atoms with E-state index in [9.17, 15) is 182 Å². The van der Waals surface area contributed by atoms with Gasteiger partial charge in [-0.1, -0.05) is 0 Å². The smallest absolute Gasteiger partial charge is 0.364 e. The van der Waals surface area contributed by atoms with E-state index in [2.05, 4.69) is 26.6 Å². The highest BCUT2D eigenvalue weighted by Gasteiger charge is 2.65. The standard InChI is InChI=1S/C79H131N5O57/c1-18-40(100)50(110)53(113)72(122-18)134-60-33(16-92)131-71(39(84-24(7)97)63(60)136-77-67(52(112)43(103)27(10-86)128-77)139-73-54(114)51(111)41(101)19(2)123-73)138-65-45(105)29(12-88)126-75(56(65)116)133-59-32(15-91)130-70(37(49(59)109)82-22(5)95)137-64-44(104)28(11-87)125-74(55(64)115)132-58-31(14-90)129-69(36(48(58)108)81-21(4)94)121-17-34-47(107)61(38(68(118)124-34)83-23(6)96)135-76-57(117)66(46(106)30(13-89)127-76)141-79(78(119)120)8-25(98)35(80-20(3)93)62(140-79)42(102)26(99)9-85/h18-19,25-77,85-92,98-118H,8-17H2,1-7H3,(H,80,93)(H,81,94)(H,82,95)(H,83,96)(H,84,97)(H,119,120)/t18-,19-,25-,26+,27+,28+,29+,30+,31+,32+,33+,34+,35+,36+,37+,38+,39+,40+,41+,42+,43-,44-,45-,46-,47-,48+,49+,50+,51+,52-,53-,54-,55+,56+,57+,58+,59+,60+,61+,62+,63+,64-,65-,66-,67+,68?,69+,70-,71-,72-,73-,74-,75-,76-,77-,79-/m0/s1. The van der Waals surface area contributed by atoms with Crippen LogP contribution in [0.5, 0.6) is 0 Å². The van der Waals surface area contributed by atoms with E-state index >= 15 is 0 Å². The summed E-state index contributed by atoms with van der Waals surface area (Å²) < 4.78 is 125. The summed E-state index contributed by atoms with van der Waals surface area (Å²) in [5.74, 6) is -10.3. The zero-order chi connectivity index (χ0) is 104. The van der Waals surface area contributed by atoms with Gasteiger partial charge >= 0.3 is 5.97 Å². The molecule has 814 valence electrons. The first kappa shape index (κ1) is 116. The molecule has 1 unspecified atom stereocenters. The molecule has 0 bridgehead atoms. The number of rotatable bonds is 37. The molecular formula is C79H131N5O57. The number of hydrogen-bond donors (Lipinski definition) is 35. The molecule has 11 heterocycles. The molecule has 0 aliphatic carbocycles. The second kappa shape index (κ2) is 50.0. The molecule has 62 heteroatoms. The lowest BCUT2D eigenvalue weighted by atomic mass is 9.88. The maximum atomic E-state index is 13.6. The first-order chi connectivity index (χ1) is 66.5. The molecule has 62 nitrogen and oxygen atoms in total. The lowest BCUT2D eigenvalue weighted by molar-refractivity contribution is -0.401. The number of carboxylic acids is 1. The molecule has 11 rings (SSSR count). The fourth-order valence-corrected chi connectivity index (χ4v) is 18.4. The highest BCUT2D eigenvalue weighted by Crippen LogP contribution is 2.44. The van der Waals surface area contributed by atoms with Crippen LogP contribution in [0.25, 0.3) is 0 Å². The number of aliphatic hydroxyl groups is 29. The summed E-state index contributed by atoms with van der Waals surface area (Å²) in [6.45, 7) is -3.54. The number of carbonyl (C=O) groups is 6. The molecular weight excluding hydrogens is 1930 g/mol. The zero-order valence-electron chi connectivity index (χ0n) is 76.3. The lowest BCUT2D eigenvalue weighted by Gasteiger charge is -2.52. The van der Waals surface area contributed by atoms with Crippen molar-refractivity contribution < 1.29 is 281 Å². The van der Waals surface area contributed by atoms with Crippen LogP contribution in [-0.4, -0.2) is 591 Å². The fraction of sp³-hybridized carbons (Fsp3) is 0.924. The molecule has 5 amide bonds. The summed E-state index contributed by atoms with van der Waals surface area (Å²) in [5, 5.41) is 349. The molecule has 56 atom stereocenters. The molecule has 0 aromatic carbocycles. The van der Waals surface area contributed by atoms with Gasteiger partial charge in [-0.25, -0.2) is 4.79 Å². The molecule has 11 aliphatic rings. The average Bonchev–Trinajstić information content (AvgIpc) is 0.762. The number of amides is 5. The molecule has 35 N–H and O–H groups in total. The average molecular weight is 2060 g/mol. The van der Waals surface area contributed by atoms with Crippen LogP contribution in [0.3, 0.4) is 0 Å². The van der Waals surface area contributed by atoms with E-state index in [1.54, 1.807) is 0 Å². The Labute approximate surface area is 798 Å². The SMILES string of the molecule is CC(=O)N[C@H]1[C@H](OC[C@H]2OC(O)[C@H](NC(C)=O)[C@@H](O[C@@H]3O[C@H](CO)[C@H](O)[C@H](O[C@]4(C(=O)O)C[C@H](O)[C@@H](NC(C)=O)[C@H]([C@H](O)[C@H](O)CO)O4)[C@H]3O)[C@H]2O)O[C@H](CO)[C@@H](O[C@@H]2O[C@H](CO)[C@H](O)[C@H](O[C@@H]3O[C@H](CO)[C@@H](O[C@@H]4O[C@H](CO)[C@H](O)[C@H](O[C@@H]5O[C@H](CO)[C@@H](O[C@@H]6O[C@@H](C)[C@@H](O)[C@@H](O)[C@@H]6O)[C@H](O[C@@H]6O[C@H](CO)[C@H](O)[C@H](O)[C@H]6O[C@@H]6O[C@@H](C)[C@@H](O)[C@@H](O)[C@@H]6O)[C@H]5NC(C)=O)[C@H]4O)[C@H](O)[C@H]3NC(C)=O)[C@H]2O)[C@@H]1O. The van der Waals surface area contributed by atoms with Gasteiger partial charge in [0.05, 0.1) is 83.8 Å². The highest BCUT2D eigenvalue weighted by atomic mass is 16.8. The number of carbonyl (C=O) groups excluding carboxylic acids is 5. The van der Waals surface area contributed by atoms with Crippen molar-refractivity contribution in [1.82, 2.24) is 26.6 Å². The number of aliphatic carboxylic acids is 1. The van der Waals surface area contributed by atoms with Crippen LogP contribution in [-0.2, 0) is 128 Å². The van der Waals surface area contributed by atoms with E-state index in [4.69, 9.17) is 99.5 Å². The van der Waals surface area contributed by atoms with Gasteiger partial charge in [-0.05, 0) is 13.8 Å². The van der Waals surface area contributed by atoms with E-state index in [1.165, 1.54) is 13.8 Å². The quantitative estimate of drug-likeness (QED) is 0.0275. The van der Waals surface area contributed by atoms with Crippen LogP contribution in [0.1, 0.15) is 54.9 Å². The van der Waals surface area contributed by atoms with Gasteiger partial charge in [-0.2, -0.15) is 0 Å². The van der Waals surface area contributed by atoms with Crippen molar-refractivity contribution in [2.24, 2.45) is 0 Å². The summed E-state index contributed by atoms with van der Waals surface area (Å²) in [6.07, 6.45) is -107. The molecule has 11 saturated heterocycles. The molecule has 0 spiro atoms. The molecule has 0 radical (unpaired) electrons. The Balaban J connectivity index is 0.802. The maximum Gasteiger partial charge on any atom is 0.364 e. The summed E-state index contributed by atoms with van der Waals surface area (Å²) in [4.78, 5) is 78.1. The van der Waals surface area contributed by atoms with Gasteiger partial charge in [0, 0.05) is 41.0 Å². The van der Waals surface area contributed by atoms with Crippen molar-refractivity contribution in [3.63, 3.8) is 0 Å². The topological polar surface area (TPSA) is 963 Å². The van der Waals surface area contributed by atoms with Crippen molar-refractivity contribution in [2.75, 3.05) is 59.5 Å². The summed E-state index contributed by atoms with van der Waals surface area (Å²) in [5.41, 5.74) is 0. The van der Waals surface area contributed by atoms with Crippen LogP contribution >= 0.6 is 0 Å². The zero-order valence-corrected chi connectivity index (χ0v) is 76.3. The van der Waals surface area contributed by atoms with Crippen LogP contribution in [0.4, 0.5) is 0 Å².